The molecule has 1 atom stereocenters. The molecule has 6 rings (SSSR count). The van der Waals surface area contributed by atoms with Gasteiger partial charge in [-0.05, 0) is 51.4 Å². The maximum absolute atomic E-state index is 9.99. The molecule has 5 aromatic carbocycles. The van der Waals surface area contributed by atoms with Gasteiger partial charge in [-0.25, -0.2) is 0 Å². The molecule has 1 aliphatic rings. The van der Waals surface area contributed by atoms with Crippen LogP contribution in [0.4, 0.5) is 0 Å². The van der Waals surface area contributed by atoms with Gasteiger partial charge in [0.25, 0.3) is 0 Å². The van der Waals surface area contributed by atoms with E-state index in [0.717, 1.165) is 27.8 Å². The lowest BCUT2D eigenvalue weighted by molar-refractivity contribution is 0.456. The fourth-order valence-corrected chi connectivity index (χ4v) is 4.61. The molecule has 0 radical (unpaired) electrons. The average Bonchev–Trinajstić information content (AvgIpc) is 2.77. The first-order chi connectivity index (χ1) is 14.3. The Morgan fingerprint density at radius 2 is 1.24 bits per heavy atom. The van der Waals surface area contributed by atoms with Gasteiger partial charge in [-0.15, -0.1) is 0 Å². The fourth-order valence-electron chi connectivity index (χ4n) is 4.61. The third-order valence-electron chi connectivity index (χ3n) is 5.87. The van der Waals surface area contributed by atoms with Crippen molar-refractivity contribution in [3.05, 3.63) is 114 Å². The molecule has 29 heavy (non-hydrogen) atoms. The lowest BCUT2D eigenvalue weighted by Gasteiger charge is -2.31. The summed E-state index contributed by atoms with van der Waals surface area (Å²) >= 11 is 0. The van der Waals surface area contributed by atoms with Gasteiger partial charge in [0.05, 0.1) is 0 Å². The van der Waals surface area contributed by atoms with E-state index in [-0.39, 0.29) is 11.7 Å². The molecule has 2 nitrogen and oxygen atoms in total. The molecule has 5 aromatic rings. The van der Waals surface area contributed by atoms with E-state index in [1.165, 1.54) is 21.9 Å². The van der Waals surface area contributed by atoms with Crippen molar-refractivity contribution in [3.8, 4) is 17.2 Å². The maximum Gasteiger partial charge on any atom is 0.132 e. The molecule has 1 unspecified atom stereocenters. The molecule has 0 bridgehead atoms. The number of phenols is 1. The zero-order valence-electron chi connectivity index (χ0n) is 15.7. The van der Waals surface area contributed by atoms with Crippen LogP contribution in [0.15, 0.2) is 97.1 Å². The van der Waals surface area contributed by atoms with Crippen LogP contribution in [0.5, 0.6) is 17.2 Å². The summed E-state index contributed by atoms with van der Waals surface area (Å²) in [6.45, 7) is 0. The Kier molecular flexibility index (Phi) is 3.41. The molecular weight excluding hydrogens is 356 g/mol. The minimum atomic E-state index is 0.0503. The Bertz CT molecular complexity index is 1390. The van der Waals surface area contributed by atoms with Crippen LogP contribution >= 0.6 is 0 Å². The summed E-state index contributed by atoms with van der Waals surface area (Å²) in [7, 11) is 0. The second kappa shape index (κ2) is 6.11. The monoisotopic (exact) mass is 374 g/mol. The number of hydrogen-bond donors (Lipinski definition) is 1. The fraction of sp³-hybridized carbons (Fsp3) is 0.0370. The molecule has 1 aliphatic heterocycles. The summed E-state index contributed by atoms with van der Waals surface area (Å²) in [5.41, 5.74) is 3.58. The molecule has 0 saturated heterocycles. The molecule has 0 saturated carbocycles. The van der Waals surface area contributed by atoms with Gasteiger partial charge >= 0.3 is 0 Å². The summed E-state index contributed by atoms with van der Waals surface area (Å²) in [6.07, 6.45) is 0. The van der Waals surface area contributed by atoms with Gasteiger partial charge in [0.1, 0.15) is 17.2 Å². The molecule has 0 amide bonds. The molecule has 2 heteroatoms. The zero-order valence-corrected chi connectivity index (χ0v) is 15.7. The molecule has 0 fully saturated rings. The van der Waals surface area contributed by atoms with Crippen molar-refractivity contribution in [3.63, 3.8) is 0 Å². The number of hydrogen-bond acceptors (Lipinski definition) is 2. The molecule has 0 aliphatic carbocycles. The Morgan fingerprint density at radius 3 is 2.03 bits per heavy atom. The Hall–Kier alpha value is -3.78. The first-order valence-electron chi connectivity index (χ1n) is 9.80. The number of fused-ring (bicyclic) bond motifs is 6. The molecule has 1 N–H and O–H groups in total. The van der Waals surface area contributed by atoms with Gasteiger partial charge in [0.15, 0.2) is 0 Å². The summed E-state index contributed by atoms with van der Waals surface area (Å²) < 4.78 is 6.41. The number of phenolic OH excluding ortho intramolecular Hbond substituents is 1. The number of rotatable bonds is 1. The van der Waals surface area contributed by atoms with Crippen LogP contribution in [-0.4, -0.2) is 5.11 Å². The van der Waals surface area contributed by atoms with E-state index in [4.69, 9.17) is 4.74 Å². The topological polar surface area (TPSA) is 29.5 Å². The van der Waals surface area contributed by atoms with E-state index < -0.39 is 0 Å². The number of ether oxygens (including phenoxy) is 1. The third-order valence-corrected chi connectivity index (χ3v) is 5.87. The highest BCUT2D eigenvalue weighted by Crippen LogP contribution is 2.52. The number of aromatic hydroxyl groups is 1. The minimum absolute atomic E-state index is 0.0503. The predicted octanol–water partition coefficient (Wildman–Crippen LogP) is 6.98. The van der Waals surface area contributed by atoms with E-state index in [1.807, 2.05) is 24.3 Å². The van der Waals surface area contributed by atoms with Crippen molar-refractivity contribution >= 4 is 21.5 Å². The standard InChI is InChI=1S/C27H18O2/c28-20-12-13-22-19(16-20)11-15-24-27(22)25(18-7-2-1-3-8-18)26-21-9-5-4-6-17(21)10-14-23(26)29-24/h1-16,25,28H. The van der Waals surface area contributed by atoms with Gasteiger partial charge in [-0.3, -0.25) is 0 Å². The lowest BCUT2D eigenvalue weighted by atomic mass is 9.78. The van der Waals surface area contributed by atoms with Gasteiger partial charge in [0, 0.05) is 17.0 Å². The van der Waals surface area contributed by atoms with Crippen LogP contribution in [0.25, 0.3) is 21.5 Å². The summed E-state index contributed by atoms with van der Waals surface area (Å²) in [6, 6.07) is 32.9. The third kappa shape index (κ3) is 2.43. The van der Waals surface area contributed by atoms with Crippen LogP contribution in [0.3, 0.4) is 0 Å². The Labute approximate surface area is 168 Å². The maximum atomic E-state index is 9.99. The van der Waals surface area contributed by atoms with Gasteiger partial charge in [0.2, 0.25) is 0 Å². The first-order valence-corrected chi connectivity index (χ1v) is 9.80. The van der Waals surface area contributed by atoms with Crippen LogP contribution in [0, 0.1) is 0 Å². The van der Waals surface area contributed by atoms with Crippen molar-refractivity contribution in [2.24, 2.45) is 0 Å². The van der Waals surface area contributed by atoms with Crippen molar-refractivity contribution < 1.29 is 9.84 Å². The highest BCUT2D eigenvalue weighted by Gasteiger charge is 2.31. The van der Waals surface area contributed by atoms with Gasteiger partial charge in [-0.1, -0.05) is 72.8 Å². The van der Waals surface area contributed by atoms with E-state index >= 15 is 0 Å². The van der Waals surface area contributed by atoms with Gasteiger partial charge in [-0.2, -0.15) is 0 Å². The Morgan fingerprint density at radius 1 is 0.586 bits per heavy atom. The van der Waals surface area contributed by atoms with E-state index in [0.29, 0.717) is 0 Å². The van der Waals surface area contributed by atoms with E-state index in [2.05, 4.69) is 66.7 Å². The van der Waals surface area contributed by atoms with Crippen LogP contribution in [-0.2, 0) is 0 Å². The van der Waals surface area contributed by atoms with Crippen LogP contribution in [0.2, 0.25) is 0 Å². The quantitative estimate of drug-likeness (QED) is 0.336. The SMILES string of the molecule is Oc1ccc2c3c(ccc2c1)Oc1ccc2ccccc2c1C3c1ccccc1. The largest absolute Gasteiger partial charge is 0.508 e. The predicted molar refractivity (Wildman–Crippen MR) is 117 cm³/mol. The van der Waals surface area contributed by atoms with Crippen molar-refractivity contribution in [2.75, 3.05) is 0 Å². The molecule has 138 valence electrons. The molecule has 1 heterocycles. The van der Waals surface area contributed by atoms with Crippen molar-refractivity contribution in [2.45, 2.75) is 5.92 Å². The summed E-state index contributed by atoms with van der Waals surface area (Å²) in [5.74, 6) is 2.11. The second-order valence-electron chi connectivity index (χ2n) is 7.53. The zero-order chi connectivity index (χ0) is 19.4. The molecule has 0 aromatic heterocycles. The minimum Gasteiger partial charge on any atom is -0.508 e. The average molecular weight is 374 g/mol. The smallest absolute Gasteiger partial charge is 0.132 e. The lowest BCUT2D eigenvalue weighted by Crippen LogP contribution is -2.13. The second-order valence-corrected chi connectivity index (χ2v) is 7.53. The van der Waals surface area contributed by atoms with Gasteiger partial charge < -0.3 is 9.84 Å². The van der Waals surface area contributed by atoms with E-state index in [9.17, 15) is 5.11 Å². The Balaban J connectivity index is 1.75. The normalized spacial score (nSPS) is 15.0. The van der Waals surface area contributed by atoms with Crippen molar-refractivity contribution in [1.29, 1.82) is 0 Å². The molecular formula is C27H18O2. The highest BCUT2D eigenvalue weighted by molar-refractivity contribution is 5.95. The van der Waals surface area contributed by atoms with Crippen LogP contribution in [0.1, 0.15) is 22.6 Å². The number of benzene rings is 5. The highest BCUT2D eigenvalue weighted by atomic mass is 16.5. The van der Waals surface area contributed by atoms with Crippen LogP contribution < -0.4 is 4.74 Å². The first kappa shape index (κ1) is 16.2. The van der Waals surface area contributed by atoms with E-state index in [1.54, 1.807) is 6.07 Å². The summed E-state index contributed by atoms with van der Waals surface area (Å²) in [5, 5.41) is 14.5. The molecule has 0 spiro atoms. The van der Waals surface area contributed by atoms with Crippen molar-refractivity contribution in [1.82, 2.24) is 0 Å². The summed E-state index contributed by atoms with van der Waals surface area (Å²) in [4.78, 5) is 0.